The Morgan fingerprint density at radius 3 is 2.29 bits per heavy atom. The Hall–Kier alpha value is -0.950. The van der Waals surface area contributed by atoms with Gasteiger partial charge < -0.3 is 10.0 Å². The molecule has 0 aromatic heterocycles. The molecule has 0 saturated heterocycles. The van der Waals surface area contributed by atoms with E-state index in [4.69, 9.17) is 5.11 Å². The highest BCUT2D eigenvalue weighted by Crippen LogP contribution is 2.10. The van der Waals surface area contributed by atoms with Crippen LogP contribution in [-0.2, 0) is 16.6 Å². The molecule has 0 saturated carbocycles. The fourth-order valence-corrected chi connectivity index (χ4v) is 2.28. The highest BCUT2D eigenvalue weighted by molar-refractivity contribution is 7.89. The quantitative estimate of drug-likeness (QED) is 0.754. The molecule has 6 heteroatoms. The van der Waals surface area contributed by atoms with E-state index in [9.17, 15) is 8.42 Å². The van der Waals surface area contributed by atoms with Gasteiger partial charge in [0, 0.05) is 13.1 Å². The van der Waals surface area contributed by atoms with Crippen LogP contribution in [0.2, 0.25) is 0 Å². The van der Waals surface area contributed by atoms with Crippen molar-refractivity contribution in [3.63, 3.8) is 0 Å². The second kappa shape index (κ2) is 6.11. The number of sulfonamides is 1. The lowest BCUT2D eigenvalue weighted by Crippen LogP contribution is -2.31. The number of aliphatic hydroxyl groups is 1. The standard InChI is InChI=1S/C11H18N2O3S/c1-13(2)8-7-12-17(15,16)11-5-3-10(9-14)4-6-11/h3-6,12,14H,7-9H2,1-2H3. The fraction of sp³-hybridized carbons (Fsp3) is 0.455. The number of rotatable bonds is 6. The Kier molecular flexibility index (Phi) is 5.07. The average Bonchev–Trinajstić information content (AvgIpc) is 2.28. The molecule has 0 spiro atoms. The first-order chi connectivity index (χ1) is 7.95. The van der Waals surface area contributed by atoms with E-state index in [1.54, 1.807) is 12.1 Å². The molecule has 0 fully saturated rings. The predicted molar refractivity (Wildman–Crippen MR) is 66.1 cm³/mol. The van der Waals surface area contributed by atoms with Crippen molar-refractivity contribution in [3.05, 3.63) is 29.8 Å². The predicted octanol–water partition coefficient (Wildman–Crippen LogP) is 0.0188. The van der Waals surface area contributed by atoms with E-state index < -0.39 is 10.0 Å². The number of aliphatic hydroxyl groups excluding tert-OH is 1. The molecule has 0 aliphatic rings. The van der Waals surface area contributed by atoms with Crippen molar-refractivity contribution in [3.8, 4) is 0 Å². The third kappa shape index (κ3) is 4.43. The molecule has 1 aromatic rings. The monoisotopic (exact) mass is 258 g/mol. The first-order valence-corrected chi connectivity index (χ1v) is 6.78. The molecule has 0 radical (unpaired) electrons. The molecule has 0 unspecified atom stereocenters. The summed E-state index contributed by atoms with van der Waals surface area (Å²) >= 11 is 0. The van der Waals surface area contributed by atoms with Gasteiger partial charge in [0.15, 0.2) is 0 Å². The maximum absolute atomic E-state index is 11.8. The van der Waals surface area contributed by atoms with Crippen LogP contribution in [0.4, 0.5) is 0 Å². The van der Waals surface area contributed by atoms with Gasteiger partial charge in [-0.25, -0.2) is 13.1 Å². The normalized spacial score (nSPS) is 12.0. The summed E-state index contributed by atoms with van der Waals surface area (Å²) in [7, 11) is 0.319. The Labute approximate surface area is 102 Å². The summed E-state index contributed by atoms with van der Waals surface area (Å²) in [5.74, 6) is 0. The molecule has 0 heterocycles. The third-order valence-electron chi connectivity index (χ3n) is 2.27. The Balaban J connectivity index is 2.68. The number of nitrogens with zero attached hydrogens (tertiary/aromatic N) is 1. The Bertz CT molecular complexity index is 440. The van der Waals surface area contributed by atoms with Crippen LogP contribution in [0.1, 0.15) is 5.56 Å². The van der Waals surface area contributed by atoms with Crippen LogP contribution in [-0.4, -0.2) is 45.6 Å². The van der Waals surface area contributed by atoms with Crippen LogP contribution >= 0.6 is 0 Å². The van der Waals surface area contributed by atoms with E-state index >= 15 is 0 Å². The Morgan fingerprint density at radius 1 is 1.24 bits per heavy atom. The van der Waals surface area contributed by atoms with E-state index in [0.29, 0.717) is 18.7 Å². The van der Waals surface area contributed by atoms with Crippen molar-refractivity contribution in [1.82, 2.24) is 9.62 Å². The number of benzene rings is 1. The summed E-state index contributed by atoms with van der Waals surface area (Å²) in [6.45, 7) is 0.930. The van der Waals surface area contributed by atoms with Crippen molar-refractivity contribution in [2.75, 3.05) is 27.2 Å². The second-order valence-electron chi connectivity index (χ2n) is 4.00. The van der Waals surface area contributed by atoms with Gasteiger partial charge in [-0.3, -0.25) is 0 Å². The van der Waals surface area contributed by atoms with Gasteiger partial charge in [-0.2, -0.15) is 0 Å². The van der Waals surface area contributed by atoms with Gasteiger partial charge in [0.2, 0.25) is 10.0 Å². The topological polar surface area (TPSA) is 69.6 Å². The molecule has 1 rings (SSSR count). The molecule has 17 heavy (non-hydrogen) atoms. The number of likely N-dealkylation sites (N-methyl/N-ethyl adjacent to an activating group) is 1. The maximum atomic E-state index is 11.8. The van der Waals surface area contributed by atoms with Crippen molar-refractivity contribution < 1.29 is 13.5 Å². The lowest BCUT2D eigenvalue weighted by molar-refractivity contribution is 0.282. The molecule has 0 amide bonds. The lowest BCUT2D eigenvalue weighted by Gasteiger charge is -2.11. The minimum atomic E-state index is -3.44. The smallest absolute Gasteiger partial charge is 0.240 e. The SMILES string of the molecule is CN(C)CCNS(=O)(=O)c1ccc(CO)cc1. The van der Waals surface area contributed by atoms with Crippen LogP contribution in [0.5, 0.6) is 0 Å². The summed E-state index contributed by atoms with van der Waals surface area (Å²) in [6.07, 6.45) is 0. The highest BCUT2D eigenvalue weighted by Gasteiger charge is 2.12. The van der Waals surface area contributed by atoms with Crippen LogP contribution in [0, 0.1) is 0 Å². The molecule has 0 aliphatic carbocycles. The molecule has 2 N–H and O–H groups in total. The lowest BCUT2D eigenvalue weighted by atomic mass is 10.2. The highest BCUT2D eigenvalue weighted by atomic mass is 32.2. The van der Waals surface area contributed by atoms with Gasteiger partial charge in [0.05, 0.1) is 11.5 Å². The van der Waals surface area contributed by atoms with Gasteiger partial charge >= 0.3 is 0 Å². The molecule has 1 aromatic carbocycles. The minimum Gasteiger partial charge on any atom is -0.392 e. The number of nitrogens with one attached hydrogen (secondary N) is 1. The molecule has 0 bridgehead atoms. The van der Waals surface area contributed by atoms with Crippen LogP contribution in [0.15, 0.2) is 29.2 Å². The van der Waals surface area contributed by atoms with E-state index in [-0.39, 0.29) is 11.5 Å². The Morgan fingerprint density at radius 2 is 1.82 bits per heavy atom. The first-order valence-electron chi connectivity index (χ1n) is 5.30. The molecular formula is C11H18N2O3S. The number of hydrogen-bond donors (Lipinski definition) is 2. The molecule has 0 atom stereocenters. The van der Waals surface area contributed by atoms with Gasteiger partial charge in [0.1, 0.15) is 0 Å². The van der Waals surface area contributed by atoms with Gasteiger partial charge in [-0.05, 0) is 31.8 Å². The van der Waals surface area contributed by atoms with Crippen LogP contribution in [0.25, 0.3) is 0 Å². The average molecular weight is 258 g/mol. The van der Waals surface area contributed by atoms with E-state index in [1.807, 2.05) is 19.0 Å². The van der Waals surface area contributed by atoms with Crippen molar-refractivity contribution in [1.29, 1.82) is 0 Å². The molecule has 5 nitrogen and oxygen atoms in total. The van der Waals surface area contributed by atoms with Crippen molar-refractivity contribution in [2.24, 2.45) is 0 Å². The summed E-state index contributed by atoms with van der Waals surface area (Å²) in [5.41, 5.74) is 0.692. The van der Waals surface area contributed by atoms with Crippen molar-refractivity contribution >= 4 is 10.0 Å². The summed E-state index contributed by atoms with van der Waals surface area (Å²) in [6, 6.07) is 6.17. The third-order valence-corrected chi connectivity index (χ3v) is 3.74. The molecule has 96 valence electrons. The maximum Gasteiger partial charge on any atom is 0.240 e. The van der Waals surface area contributed by atoms with Crippen molar-refractivity contribution in [2.45, 2.75) is 11.5 Å². The number of hydrogen-bond acceptors (Lipinski definition) is 4. The van der Waals surface area contributed by atoms with Crippen LogP contribution < -0.4 is 4.72 Å². The largest absolute Gasteiger partial charge is 0.392 e. The van der Waals surface area contributed by atoms with E-state index in [2.05, 4.69) is 4.72 Å². The first kappa shape index (κ1) is 14.1. The van der Waals surface area contributed by atoms with Gasteiger partial charge in [-0.15, -0.1) is 0 Å². The molecule has 0 aliphatic heterocycles. The van der Waals surface area contributed by atoms with Gasteiger partial charge in [-0.1, -0.05) is 12.1 Å². The zero-order valence-corrected chi connectivity index (χ0v) is 10.9. The zero-order valence-electron chi connectivity index (χ0n) is 10.0. The van der Waals surface area contributed by atoms with Crippen LogP contribution in [0.3, 0.4) is 0 Å². The van der Waals surface area contributed by atoms with Gasteiger partial charge in [0.25, 0.3) is 0 Å². The fourth-order valence-electron chi connectivity index (χ4n) is 1.26. The second-order valence-corrected chi connectivity index (χ2v) is 5.77. The summed E-state index contributed by atoms with van der Waals surface area (Å²) in [4.78, 5) is 2.12. The molecular weight excluding hydrogens is 240 g/mol. The zero-order chi connectivity index (χ0) is 12.9. The van der Waals surface area contributed by atoms with E-state index in [1.165, 1.54) is 12.1 Å². The van der Waals surface area contributed by atoms with E-state index in [0.717, 1.165) is 0 Å². The summed E-state index contributed by atoms with van der Waals surface area (Å²) in [5, 5.41) is 8.86. The minimum absolute atomic E-state index is 0.0889. The summed E-state index contributed by atoms with van der Waals surface area (Å²) < 4.78 is 26.2.